The van der Waals surface area contributed by atoms with E-state index in [1.54, 1.807) is 6.20 Å². The molecule has 0 radical (unpaired) electrons. The van der Waals surface area contributed by atoms with Crippen LogP contribution in [0, 0.1) is 0 Å². The quantitative estimate of drug-likeness (QED) is 0.781. The highest BCUT2D eigenvalue weighted by Gasteiger charge is 2.05. The Kier molecular flexibility index (Phi) is 4.61. The van der Waals surface area contributed by atoms with Crippen LogP contribution >= 0.6 is 27.5 Å². The van der Waals surface area contributed by atoms with E-state index in [1.807, 2.05) is 31.4 Å². The third-order valence-corrected chi connectivity index (χ3v) is 3.72. The molecule has 0 atom stereocenters. The lowest BCUT2D eigenvalue weighted by Crippen LogP contribution is -2.16. The van der Waals surface area contributed by atoms with E-state index in [1.165, 1.54) is 5.56 Å². The average Bonchev–Trinajstić information content (AvgIpc) is 2.39. The Morgan fingerprint density at radius 1 is 1.33 bits per heavy atom. The van der Waals surface area contributed by atoms with Crippen molar-refractivity contribution in [1.29, 1.82) is 0 Å². The van der Waals surface area contributed by atoms with E-state index in [2.05, 4.69) is 37.9 Å². The number of nitrogens with zero attached hydrogens (tertiary/aromatic N) is 2. The average molecular weight is 326 g/mol. The molecule has 18 heavy (non-hydrogen) atoms. The van der Waals surface area contributed by atoms with Crippen molar-refractivity contribution in [3.8, 4) is 0 Å². The fraction of sp³-hybridized carbons (Fsp3) is 0.214. The topological polar surface area (TPSA) is 16.1 Å². The minimum Gasteiger partial charge on any atom is -0.370 e. The molecule has 4 heteroatoms. The number of halogens is 2. The summed E-state index contributed by atoms with van der Waals surface area (Å²) < 4.78 is 0. The maximum Gasteiger partial charge on any atom is 0.0467 e. The zero-order chi connectivity index (χ0) is 13.0. The third-order valence-electron chi connectivity index (χ3n) is 2.76. The van der Waals surface area contributed by atoms with Crippen molar-refractivity contribution in [2.24, 2.45) is 0 Å². The van der Waals surface area contributed by atoms with Crippen LogP contribution in [-0.2, 0) is 11.9 Å². The molecule has 0 amide bonds. The second kappa shape index (κ2) is 6.21. The molecule has 1 aromatic heterocycles. The Hall–Kier alpha value is -1.06. The predicted octanol–water partition coefficient (Wildman–Crippen LogP) is 4.27. The van der Waals surface area contributed by atoms with Crippen molar-refractivity contribution >= 4 is 33.2 Å². The molecule has 0 aliphatic heterocycles. The SMILES string of the molecule is CN(Cc1cccnc1)c1ccc(CBr)c(Cl)c1. The second-order valence-electron chi connectivity index (χ2n) is 4.13. The fourth-order valence-corrected chi connectivity index (χ4v) is 2.63. The minimum absolute atomic E-state index is 0.776. The Morgan fingerprint density at radius 2 is 2.17 bits per heavy atom. The standard InChI is InChI=1S/C14H14BrClN2/c1-18(10-11-3-2-6-17-9-11)13-5-4-12(8-15)14(16)7-13/h2-7,9H,8,10H2,1H3. The Morgan fingerprint density at radius 3 is 2.78 bits per heavy atom. The number of rotatable bonds is 4. The maximum absolute atomic E-state index is 6.21. The predicted molar refractivity (Wildman–Crippen MR) is 80.4 cm³/mol. The van der Waals surface area contributed by atoms with Crippen molar-refractivity contribution < 1.29 is 0 Å². The normalized spacial score (nSPS) is 10.4. The Labute approximate surface area is 121 Å². The monoisotopic (exact) mass is 324 g/mol. The van der Waals surface area contributed by atoms with Crippen LogP contribution in [0.3, 0.4) is 0 Å². The lowest BCUT2D eigenvalue weighted by atomic mass is 10.2. The van der Waals surface area contributed by atoms with Gasteiger partial charge in [0.05, 0.1) is 0 Å². The molecule has 2 aromatic rings. The van der Waals surface area contributed by atoms with Crippen molar-refractivity contribution in [2.45, 2.75) is 11.9 Å². The first kappa shape index (κ1) is 13.4. The maximum atomic E-state index is 6.21. The Balaban J connectivity index is 2.14. The zero-order valence-corrected chi connectivity index (χ0v) is 12.4. The summed E-state index contributed by atoms with van der Waals surface area (Å²) in [5.41, 5.74) is 3.39. The smallest absolute Gasteiger partial charge is 0.0467 e. The molecule has 94 valence electrons. The van der Waals surface area contributed by atoms with Crippen molar-refractivity contribution in [3.63, 3.8) is 0 Å². The summed E-state index contributed by atoms with van der Waals surface area (Å²) in [5.74, 6) is 0. The number of alkyl halides is 1. The first-order valence-electron chi connectivity index (χ1n) is 5.65. The van der Waals surface area contributed by atoms with Gasteiger partial charge in [0, 0.05) is 42.0 Å². The van der Waals surface area contributed by atoms with Crippen LogP contribution in [-0.4, -0.2) is 12.0 Å². The first-order valence-corrected chi connectivity index (χ1v) is 7.15. The van der Waals surface area contributed by atoms with Gasteiger partial charge in [-0.3, -0.25) is 4.98 Å². The number of benzene rings is 1. The summed E-state index contributed by atoms with van der Waals surface area (Å²) in [6.45, 7) is 0.817. The molecule has 0 bridgehead atoms. The van der Waals surface area contributed by atoms with Crippen molar-refractivity contribution in [1.82, 2.24) is 4.98 Å². The Bertz CT molecular complexity index is 516. The molecule has 0 aliphatic carbocycles. The van der Waals surface area contributed by atoms with Gasteiger partial charge in [-0.2, -0.15) is 0 Å². The fourth-order valence-electron chi connectivity index (χ4n) is 1.74. The van der Waals surface area contributed by atoms with Gasteiger partial charge in [-0.1, -0.05) is 39.7 Å². The van der Waals surface area contributed by atoms with Crippen molar-refractivity contribution in [3.05, 3.63) is 58.9 Å². The summed E-state index contributed by atoms with van der Waals surface area (Å²) in [7, 11) is 2.05. The van der Waals surface area contributed by atoms with Gasteiger partial charge in [-0.15, -0.1) is 0 Å². The second-order valence-corrected chi connectivity index (χ2v) is 5.09. The van der Waals surface area contributed by atoms with E-state index >= 15 is 0 Å². The van der Waals surface area contributed by atoms with Crippen LogP contribution in [0.15, 0.2) is 42.7 Å². The number of aromatic nitrogens is 1. The highest BCUT2D eigenvalue weighted by molar-refractivity contribution is 9.08. The van der Waals surface area contributed by atoms with Gasteiger partial charge in [-0.25, -0.2) is 0 Å². The molecule has 0 unspecified atom stereocenters. The molecule has 1 aromatic carbocycles. The minimum atomic E-state index is 0.776. The number of hydrogen-bond donors (Lipinski definition) is 0. The van der Waals surface area contributed by atoms with Gasteiger partial charge in [0.15, 0.2) is 0 Å². The molecule has 2 rings (SSSR count). The van der Waals surface area contributed by atoms with Gasteiger partial charge in [0.25, 0.3) is 0 Å². The molecule has 0 saturated heterocycles. The van der Waals surface area contributed by atoms with E-state index in [0.717, 1.165) is 28.1 Å². The number of anilines is 1. The van der Waals surface area contributed by atoms with Gasteiger partial charge < -0.3 is 4.90 Å². The highest BCUT2D eigenvalue weighted by atomic mass is 79.9. The van der Waals surface area contributed by atoms with E-state index in [4.69, 9.17) is 11.6 Å². The summed E-state index contributed by atoms with van der Waals surface area (Å²) >= 11 is 9.62. The van der Waals surface area contributed by atoms with E-state index < -0.39 is 0 Å². The van der Waals surface area contributed by atoms with E-state index in [-0.39, 0.29) is 0 Å². The van der Waals surface area contributed by atoms with Crippen LogP contribution < -0.4 is 4.90 Å². The number of hydrogen-bond acceptors (Lipinski definition) is 2. The van der Waals surface area contributed by atoms with Crippen LogP contribution in [0.1, 0.15) is 11.1 Å². The van der Waals surface area contributed by atoms with Crippen LogP contribution in [0.2, 0.25) is 5.02 Å². The van der Waals surface area contributed by atoms with Crippen LogP contribution in [0.5, 0.6) is 0 Å². The van der Waals surface area contributed by atoms with Gasteiger partial charge in [0.1, 0.15) is 0 Å². The van der Waals surface area contributed by atoms with Gasteiger partial charge in [-0.05, 0) is 29.3 Å². The highest BCUT2D eigenvalue weighted by Crippen LogP contribution is 2.25. The molecular weight excluding hydrogens is 312 g/mol. The molecular formula is C14H14BrClN2. The summed E-state index contributed by atoms with van der Waals surface area (Å²) in [6.07, 6.45) is 3.66. The molecule has 0 saturated carbocycles. The van der Waals surface area contributed by atoms with Crippen LogP contribution in [0.4, 0.5) is 5.69 Å². The molecule has 0 fully saturated rings. The largest absolute Gasteiger partial charge is 0.370 e. The zero-order valence-electron chi connectivity index (χ0n) is 10.1. The lowest BCUT2D eigenvalue weighted by Gasteiger charge is -2.20. The van der Waals surface area contributed by atoms with E-state index in [0.29, 0.717) is 0 Å². The van der Waals surface area contributed by atoms with Crippen LogP contribution in [0.25, 0.3) is 0 Å². The van der Waals surface area contributed by atoms with E-state index in [9.17, 15) is 0 Å². The van der Waals surface area contributed by atoms with Gasteiger partial charge >= 0.3 is 0 Å². The summed E-state index contributed by atoms with van der Waals surface area (Å²) in [5, 5.41) is 1.57. The molecule has 0 aliphatic rings. The molecule has 2 nitrogen and oxygen atoms in total. The molecule has 0 spiro atoms. The summed E-state index contributed by atoms with van der Waals surface area (Å²) in [4.78, 5) is 6.27. The lowest BCUT2D eigenvalue weighted by molar-refractivity contribution is 0.915. The first-order chi connectivity index (χ1) is 8.70. The molecule has 0 N–H and O–H groups in total. The van der Waals surface area contributed by atoms with Gasteiger partial charge in [0.2, 0.25) is 0 Å². The summed E-state index contributed by atoms with van der Waals surface area (Å²) in [6, 6.07) is 10.1. The third kappa shape index (κ3) is 3.24. The number of pyridine rings is 1. The van der Waals surface area contributed by atoms with Crippen molar-refractivity contribution in [2.75, 3.05) is 11.9 Å². The molecule has 1 heterocycles.